The van der Waals surface area contributed by atoms with E-state index in [1.165, 1.54) is 0 Å². The fourth-order valence-corrected chi connectivity index (χ4v) is 2.36. The zero-order chi connectivity index (χ0) is 15.2. The number of rotatable bonds is 5. The highest BCUT2D eigenvalue weighted by Gasteiger charge is 2.09. The first kappa shape index (κ1) is 15.3. The zero-order valence-corrected chi connectivity index (χ0v) is 12.9. The van der Waals surface area contributed by atoms with E-state index in [4.69, 9.17) is 0 Å². The lowest BCUT2D eigenvalue weighted by Crippen LogP contribution is -2.17. The van der Waals surface area contributed by atoms with Crippen molar-refractivity contribution in [3.63, 3.8) is 0 Å². The van der Waals surface area contributed by atoms with Gasteiger partial charge in [-0.05, 0) is 44.2 Å². The molecule has 0 aliphatic carbocycles. The molecule has 2 aromatic rings. The summed E-state index contributed by atoms with van der Waals surface area (Å²) < 4.78 is 0. The van der Waals surface area contributed by atoms with Crippen LogP contribution in [0.2, 0.25) is 0 Å². The first-order chi connectivity index (χ1) is 10.1. The van der Waals surface area contributed by atoms with E-state index < -0.39 is 0 Å². The van der Waals surface area contributed by atoms with Gasteiger partial charge >= 0.3 is 0 Å². The van der Waals surface area contributed by atoms with Crippen LogP contribution in [0.4, 0.5) is 5.69 Å². The number of nitrogens with one attached hydrogen (secondary N) is 2. The van der Waals surface area contributed by atoms with Gasteiger partial charge in [-0.1, -0.05) is 42.3 Å². The summed E-state index contributed by atoms with van der Waals surface area (Å²) in [6, 6.07) is 13.8. The lowest BCUT2D eigenvalue weighted by atomic mass is 10.1. The Morgan fingerprint density at radius 2 is 1.71 bits per heavy atom. The van der Waals surface area contributed by atoms with E-state index >= 15 is 0 Å². The van der Waals surface area contributed by atoms with Crippen LogP contribution in [0.5, 0.6) is 0 Å². The van der Waals surface area contributed by atoms with Crippen molar-refractivity contribution in [2.45, 2.75) is 27.3 Å². The smallest absolute Gasteiger partial charge is 0.255 e. The van der Waals surface area contributed by atoms with Gasteiger partial charge in [0.15, 0.2) is 0 Å². The van der Waals surface area contributed by atoms with E-state index in [0.717, 1.165) is 35.5 Å². The van der Waals surface area contributed by atoms with Crippen LogP contribution in [0.1, 0.15) is 34.0 Å². The molecule has 0 spiro atoms. The second kappa shape index (κ2) is 7.04. The molecule has 0 fully saturated rings. The molecular formula is C18H22N2O. The third kappa shape index (κ3) is 4.17. The number of hydrogen-bond donors (Lipinski definition) is 2. The van der Waals surface area contributed by atoms with Gasteiger partial charge in [-0.3, -0.25) is 4.79 Å². The van der Waals surface area contributed by atoms with E-state index in [1.54, 1.807) is 0 Å². The van der Waals surface area contributed by atoms with Crippen molar-refractivity contribution in [1.82, 2.24) is 5.32 Å². The number of anilines is 1. The number of hydrogen-bond acceptors (Lipinski definition) is 2. The maximum Gasteiger partial charge on any atom is 0.255 e. The Morgan fingerprint density at radius 3 is 2.38 bits per heavy atom. The number of para-hydroxylation sites is 1. The van der Waals surface area contributed by atoms with Crippen molar-refractivity contribution < 1.29 is 4.79 Å². The molecule has 0 saturated carbocycles. The van der Waals surface area contributed by atoms with Gasteiger partial charge in [-0.25, -0.2) is 0 Å². The van der Waals surface area contributed by atoms with Crippen LogP contribution in [0, 0.1) is 13.8 Å². The van der Waals surface area contributed by atoms with Crippen molar-refractivity contribution in [1.29, 1.82) is 0 Å². The van der Waals surface area contributed by atoms with Gasteiger partial charge < -0.3 is 10.6 Å². The highest BCUT2D eigenvalue weighted by Crippen LogP contribution is 2.17. The normalized spacial score (nSPS) is 10.4. The van der Waals surface area contributed by atoms with Gasteiger partial charge in [0.1, 0.15) is 0 Å². The molecule has 0 unspecified atom stereocenters. The molecule has 2 aromatic carbocycles. The molecule has 0 heterocycles. The summed E-state index contributed by atoms with van der Waals surface area (Å²) in [4.78, 5) is 12.4. The van der Waals surface area contributed by atoms with Gasteiger partial charge in [0.2, 0.25) is 0 Å². The zero-order valence-electron chi connectivity index (χ0n) is 12.9. The average Bonchev–Trinajstić information content (AvgIpc) is 2.45. The summed E-state index contributed by atoms with van der Waals surface area (Å²) in [7, 11) is 0. The third-order valence-corrected chi connectivity index (χ3v) is 3.31. The van der Waals surface area contributed by atoms with Crippen LogP contribution in [-0.4, -0.2) is 12.5 Å². The van der Waals surface area contributed by atoms with Crippen LogP contribution >= 0.6 is 0 Å². The average molecular weight is 282 g/mol. The molecule has 2 N–H and O–H groups in total. The first-order valence-corrected chi connectivity index (χ1v) is 7.28. The fraction of sp³-hybridized carbons (Fsp3) is 0.278. The predicted octanol–water partition coefficient (Wildman–Crippen LogP) is 3.67. The number of benzene rings is 2. The quantitative estimate of drug-likeness (QED) is 0.878. The lowest BCUT2D eigenvalue weighted by molar-refractivity contribution is 0.102. The number of amides is 1. The topological polar surface area (TPSA) is 41.1 Å². The first-order valence-electron chi connectivity index (χ1n) is 7.28. The van der Waals surface area contributed by atoms with Crippen LogP contribution in [0.25, 0.3) is 0 Å². The molecule has 0 aromatic heterocycles. The van der Waals surface area contributed by atoms with Gasteiger partial charge in [0, 0.05) is 17.8 Å². The molecule has 0 radical (unpaired) electrons. The predicted molar refractivity (Wildman–Crippen MR) is 87.7 cm³/mol. The number of aryl methyl sites for hydroxylation is 2. The minimum Gasteiger partial charge on any atom is -0.322 e. The summed E-state index contributed by atoms with van der Waals surface area (Å²) in [6.45, 7) is 7.72. The van der Waals surface area contributed by atoms with E-state index in [9.17, 15) is 4.79 Å². The molecule has 0 saturated heterocycles. The summed E-state index contributed by atoms with van der Waals surface area (Å²) in [5.41, 5.74) is 4.85. The minimum absolute atomic E-state index is 0.0641. The van der Waals surface area contributed by atoms with Crippen LogP contribution < -0.4 is 10.6 Å². The summed E-state index contributed by atoms with van der Waals surface area (Å²) in [5, 5.41) is 6.30. The van der Waals surface area contributed by atoms with E-state index in [1.807, 2.05) is 50.2 Å². The van der Waals surface area contributed by atoms with Crippen LogP contribution in [0.3, 0.4) is 0 Å². The number of carbonyl (C=O) groups excluding carboxylic acids is 1. The Bertz CT molecular complexity index is 615. The Balaban J connectivity index is 2.19. The fourth-order valence-electron chi connectivity index (χ4n) is 2.36. The van der Waals surface area contributed by atoms with Crippen molar-refractivity contribution in [3.05, 3.63) is 64.7 Å². The second-order valence-electron chi connectivity index (χ2n) is 5.27. The molecule has 2 rings (SSSR count). The highest BCUT2D eigenvalue weighted by molar-refractivity contribution is 6.04. The van der Waals surface area contributed by atoms with Crippen LogP contribution in [0.15, 0.2) is 42.5 Å². The Hall–Kier alpha value is -2.13. The standard InChI is InChI=1S/C18H22N2O/c1-4-19-12-15-7-5-6-8-17(15)20-18(21)16-10-13(2)9-14(3)11-16/h5-11,19H,4,12H2,1-3H3,(H,20,21). The number of carbonyl (C=O) groups is 1. The Morgan fingerprint density at radius 1 is 1.05 bits per heavy atom. The summed E-state index contributed by atoms with van der Waals surface area (Å²) >= 11 is 0. The molecule has 21 heavy (non-hydrogen) atoms. The third-order valence-electron chi connectivity index (χ3n) is 3.31. The van der Waals surface area contributed by atoms with Gasteiger partial charge in [-0.15, -0.1) is 0 Å². The molecular weight excluding hydrogens is 260 g/mol. The second-order valence-corrected chi connectivity index (χ2v) is 5.27. The van der Waals surface area contributed by atoms with Crippen molar-refractivity contribution >= 4 is 11.6 Å². The van der Waals surface area contributed by atoms with E-state index in [2.05, 4.69) is 23.6 Å². The molecule has 0 aliphatic rings. The minimum atomic E-state index is -0.0641. The molecule has 3 nitrogen and oxygen atoms in total. The maximum atomic E-state index is 12.4. The molecule has 0 aliphatic heterocycles. The molecule has 0 atom stereocenters. The van der Waals surface area contributed by atoms with Gasteiger partial charge in [0.25, 0.3) is 5.91 Å². The SMILES string of the molecule is CCNCc1ccccc1NC(=O)c1cc(C)cc(C)c1. The summed E-state index contributed by atoms with van der Waals surface area (Å²) in [6.07, 6.45) is 0. The Labute approximate surface area is 126 Å². The maximum absolute atomic E-state index is 12.4. The monoisotopic (exact) mass is 282 g/mol. The Kier molecular flexibility index (Phi) is 5.12. The molecule has 0 bridgehead atoms. The van der Waals surface area contributed by atoms with Gasteiger partial charge in [-0.2, -0.15) is 0 Å². The van der Waals surface area contributed by atoms with Gasteiger partial charge in [0.05, 0.1) is 0 Å². The van der Waals surface area contributed by atoms with Crippen molar-refractivity contribution in [3.8, 4) is 0 Å². The largest absolute Gasteiger partial charge is 0.322 e. The molecule has 1 amide bonds. The summed E-state index contributed by atoms with van der Waals surface area (Å²) in [5.74, 6) is -0.0641. The van der Waals surface area contributed by atoms with E-state index in [0.29, 0.717) is 5.56 Å². The molecule has 3 heteroatoms. The van der Waals surface area contributed by atoms with Crippen LogP contribution in [-0.2, 0) is 6.54 Å². The highest BCUT2D eigenvalue weighted by atomic mass is 16.1. The van der Waals surface area contributed by atoms with E-state index in [-0.39, 0.29) is 5.91 Å². The van der Waals surface area contributed by atoms with Crippen molar-refractivity contribution in [2.24, 2.45) is 0 Å². The lowest BCUT2D eigenvalue weighted by Gasteiger charge is -2.12. The molecule has 110 valence electrons. The van der Waals surface area contributed by atoms with Crippen molar-refractivity contribution in [2.75, 3.05) is 11.9 Å².